The first-order valence-electron chi connectivity index (χ1n) is 5.44. The molecule has 16 heavy (non-hydrogen) atoms. The van der Waals surface area contributed by atoms with E-state index < -0.39 is 10.0 Å². The molecule has 0 atom stereocenters. The third-order valence-corrected chi connectivity index (χ3v) is 4.87. The van der Waals surface area contributed by atoms with Crippen molar-refractivity contribution in [2.75, 3.05) is 13.1 Å². The summed E-state index contributed by atoms with van der Waals surface area (Å²) in [6, 6.07) is 6.95. The summed E-state index contributed by atoms with van der Waals surface area (Å²) >= 11 is 0. The van der Waals surface area contributed by atoms with Crippen molar-refractivity contribution in [2.24, 2.45) is 5.73 Å². The Morgan fingerprint density at radius 2 is 1.81 bits per heavy atom. The van der Waals surface area contributed by atoms with Crippen LogP contribution in [0.5, 0.6) is 0 Å². The van der Waals surface area contributed by atoms with E-state index in [2.05, 4.69) is 0 Å². The van der Waals surface area contributed by atoms with Gasteiger partial charge in [-0.05, 0) is 24.5 Å². The Kier molecular flexibility index (Phi) is 3.28. The van der Waals surface area contributed by atoms with Gasteiger partial charge in [-0.1, -0.05) is 18.2 Å². The molecule has 0 aliphatic carbocycles. The van der Waals surface area contributed by atoms with E-state index in [1.54, 1.807) is 22.5 Å². The second kappa shape index (κ2) is 4.53. The molecule has 0 bridgehead atoms. The number of benzene rings is 1. The average molecular weight is 240 g/mol. The van der Waals surface area contributed by atoms with Crippen LogP contribution in [0.4, 0.5) is 0 Å². The number of hydrogen-bond donors (Lipinski definition) is 1. The van der Waals surface area contributed by atoms with Gasteiger partial charge in [-0.2, -0.15) is 4.31 Å². The van der Waals surface area contributed by atoms with E-state index in [0.717, 1.165) is 12.8 Å². The summed E-state index contributed by atoms with van der Waals surface area (Å²) in [4.78, 5) is 0.361. The molecule has 0 unspecified atom stereocenters. The van der Waals surface area contributed by atoms with Gasteiger partial charge in [-0.15, -0.1) is 0 Å². The first-order valence-corrected chi connectivity index (χ1v) is 6.88. The highest BCUT2D eigenvalue weighted by atomic mass is 32.2. The molecule has 1 aromatic rings. The van der Waals surface area contributed by atoms with Crippen LogP contribution in [0.25, 0.3) is 0 Å². The molecule has 0 saturated carbocycles. The number of sulfonamides is 1. The Labute approximate surface area is 96.1 Å². The van der Waals surface area contributed by atoms with Crippen molar-refractivity contribution in [3.8, 4) is 0 Å². The molecule has 1 heterocycles. The van der Waals surface area contributed by atoms with Crippen molar-refractivity contribution in [3.05, 3.63) is 29.8 Å². The molecule has 0 aromatic heterocycles. The first-order chi connectivity index (χ1) is 7.66. The third kappa shape index (κ3) is 1.98. The van der Waals surface area contributed by atoms with Crippen LogP contribution in [0, 0.1) is 0 Å². The van der Waals surface area contributed by atoms with Crippen molar-refractivity contribution >= 4 is 10.0 Å². The van der Waals surface area contributed by atoms with Crippen LogP contribution in [0.15, 0.2) is 29.2 Å². The number of hydrogen-bond acceptors (Lipinski definition) is 3. The predicted octanol–water partition coefficient (Wildman–Crippen LogP) is 0.930. The van der Waals surface area contributed by atoms with Crippen LogP contribution in [0.3, 0.4) is 0 Å². The SMILES string of the molecule is NCc1ccccc1S(=O)(=O)N1CCCC1. The molecule has 0 radical (unpaired) electrons. The third-order valence-electron chi connectivity index (χ3n) is 2.88. The van der Waals surface area contributed by atoms with Crippen molar-refractivity contribution < 1.29 is 8.42 Å². The van der Waals surface area contributed by atoms with E-state index in [-0.39, 0.29) is 6.54 Å². The number of rotatable bonds is 3. The van der Waals surface area contributed by atoms with E-state index in [9.17, 15) is 8.42 Å². The molecule has 1 aromatic carbocycles. The molecular formula is C11H16N2O2S. The van der Waals surface area contributed by atoms with Gasteiger partial charge < -0.3 is 5.73 Å². The maximum atomic E-state index is 12.3. The fourth-order valence-corrected chi connectivity index (χ4v) is 3.74. The van der Waals surface area contributed by atoms with E-state index in [4.69, 9.17) is 5.73 Å². The molecule has 2 rings (SSSR count). The highest BCUT2D eigenvalue weighted by Crippen LogP contribution is 2.23. The quantitative estimate of drug-likeness (QED) is 0.855. The lowest BCUT2D eigenvalue weighted by molar-refractivity contribution is 0.476. The highest BCUT2D eigenvalue weighted by molar-refractivity contribution is 7.89. The summed E-state index contributed by atoms with van der Waals surface area (Å²) in [6.45, 7) is 1.51. The molecule has 0 amide bonds. The second-order valence-electron chi connectivity index (χ2n) is 3.92. The summed E-state index contributed by atoms with van der Waals surface area (Å²) in [5.41, 5.74) is 6.25. The summed E-state index contributed by atoms with van der Waals surface area (Å²) in [7, 11) is -3.33. The van der Waals surface area contributed by atoms with Crippen LogP contribution in [0.2, 0.25) is 0 Å². The molecule has 1 aliphatic rings. The van der Waals surface area contributed by atoms with Crippen LogP contribution in [0.1, 0.15) is 18.4 Å². The van der Waals surface area contributed by atoms with E-state index >= 15 is 0 Å². The van der Waals surface area contributed by atoms with Gasteiger partial charge in [0.05, 0.1) is 4.90 Å². The van der Waals surface area contributed by atoms with Crippen molar-refractivity contribution in [1.29, 1.82) is 0 Å². The average Bonchev–Trinajstić information content (AvgIpc) is 2.83. The minimum atomic E-state index is -3.33. The summed E-state index contributed by atoms with van der Waals surface area (Å²) in [6.07, 6.45) is 1.90. The van der Waals surface area contributed by atoms with Gasteiger partial charge in [-0.25, -0.2) is 8.42 Å². The summed E-state index contributed by atoms with van der Waals surface area (Å²) < 4.78 is 26.1. The molecule has 1 aliphatic heterocycles. The fraction of sp³-hybridized carbons (Fsp3) is 0.455. The van der Waals surface area contributed by atoms with Gasteiger partial charge in [0.15, 0.2) is 0 Å². The number of nitrogens with zero attached hydrogens (tertiary/aromatic N) is 1. The summed E-state index contributed by atoms with van der Waals surface area (Å²) in [5.74, 6) is 0. The van der Waals surface area contributed by atoms with Crippen molar-refractivity contribution in [2.45, 2.75) is 24.3 Å². The smallest absolute Gasteiger partial charge is 0.243 e. The van der Waals surface area contributed by atoms with Crippen molar-refractivity contribution in [1.82, 2.24) is 4.31 Å². The monoisotopic (exact) mass is 240 g/mol. The van der Waals surface area contributed by atoms with Gasteiger partial charge in [-0.3, -0.25) is 0 Å². The maximum absolute atomic E-state index is 12.3. The molecule has 4 nitrogen and oxygen atoms in total. The maximum Gasteiger partial charge on any atom is 0.243 e. The molecule has 5 heteroatoms. The van der Waals surface area contributed by atoms with E-state index in [1.165, 1.54) is 0 Å². The largest absolute Gasteiger partial charge is 0.326 e. The van der Waals surface area contributed by atoms with Crippen molar-refractivity contribution in [3.63, 3.8) is 0 Å². The van der Waals surface area contributed by atoms with E-state index in [0.29, 0.717) is 23.5 Å². The zero-order chi connectivity index (χ0) is 11.6. The first kappa shape index (κ1) is 11.6. The van der Waals surface area contributed by atoms with Gasteiger partial charge >= 0.3 is 0 Å². The van der Waals surface area contributed by atoms with Crippen LogP contribution in [-0.4, -0.2) is 25.8 Å². The predicted molar refractivity (Wildman–Crippen MR) is 62.3 cm³/mol. The lowest BCUT2D eigenvalue weighted by Crippen LogP contribution is -2.29. The Bertz CT molecular complexity index is 465. The normalized spacial score (nSPS) is 17.8. The van der Waals surface area contributed by atoms with Gasteiger partial charge in [0.25, 0.3) is 0 Å². The molecule has 0 spiro atoms. The topological polar surface area (TPSA) is 63.4 Å². The minimum absolute atomic E-state index is 0.253. The Hall–Kier alpha value is -0.910. The second-order valence-corrected chi connectivity index (χ2v) is 5.83. The fourth-order valence-electron chi connectivity index (χ4n) is 1.99. The molecule has 1 saturated heterocycles. The van der Waals surface area contributed by atoms with E-state index in [1.807, 2.05) is 6.07 Å². The Balaban J connectivity index is 2.42. The lowest BCUT2D eigenvalue weighted by Gasteiger charge is -2.17. The zero-order valence-corrected chi connectivity index (χ0v) is 9.91. The molecule has 2 N–H and O–H groups in total. The van der Waals surface area contributed by atoms with Gasteiger partial charge in [0.1, 0.15) is 0 Å². The minimum Gasteiger partial charge on any atom is -0.326 e. The lowest BCUT2D eigenvalue weighted by atomic mass is 10.2. The molecule has 88 valence electrons. The highest BCUT2D eigenvalue weighted by Gasteiger charge is 2.28. The summed E-state index contributed by atoms with van der Waals surface area (Å²) in [5, 5.41) is 0. The van der Waals surface area contributed by atoms with Gasteiger partial charge in [0, 0.05) is 19.6 Å². The Morgan fingerprint density at radius 3 is 2.44 bits per heavy atom. The molecule has 1 fully saturated rings. The van der Waals surface area contributed by atoms with Crippen LogP contribution < -0.4 is 5.73 Å². The Morgan fingerprint density at radius 1 is 1.19 bits per heavy atom. The molecular weight excluding hydrogens is 224 g/mol. The zero-order valence-electron chi connectivity index (χ0n) is 9.09. The number of nitrogens with two attached hydrogens (primary N) is 1. The van der Waals surface area contributed by atoms with Crippen LogP contribution in [-0.2, 0) is 16.6 Å². The van der Waals surface area contributed by atoms with Gasteiger partial charge in [0.2, 0.25) is 10.0 Å². The standard InChI is InChI=1S/C11H16N2O2S/c12-9-10-5-1-2-6-11(10)16(14,15)13-7-3-4-8-13/h1-2,5-6H,3-4,7-9,12H2. The van der Waals surface area contributed by atoms with Crippen LogP contribution >= 0.6 is 0 Å².